The molecular formula is C17H19N3O3S. The van der Waals surface area contributed by atoms with Crippen molar-refractivity contribution in [3.05, 3.63) is 29.0 Å². The van der Waals surface area contributed by atoms with Crippen LogP contribution in [0.3, 0.4) is 0 Å². The van der Waals surface area contributed by atoms with Gasteiger partial charge < -0.3 is 14.6 Å². The second-order valence-electron chi connectivity index (χ2n) is 6.39. The number of hydrogen-bond donors (Lipinski definition) is 1. The summed E-state index contributed by atoms with van der Waals surface area (Å²) in [5.41, 5.74) is 0.384. The molecule has 2 fully saturated rings. The number of aromatic nitrogens is 1. The Morgan fingerprint density at radius 1 is 1.33 bits per heavy atom. The molecule has 126 valence electrons. The quantitative estimate of drug-likeness (QED) is 0.924. The molecule has 1 aliphatic heterocycles. The van der Waals surface area contributed by atoms with E-state index < -0.39 is 0 Å². The van der Waals surface area contributed by atoms with Crippen LogP contribution in [0.4, 0.5) is 0 Å². The largest absolute Gasteiger partial charge is 0.459 e. The Bertz CT molecular complexity index is 778. The van der Waals surface area contributed by atoms with Gasteiger partial charge in [-0.3, -0.25) is 9.59 Å². The van der Waals surface area contributed by atoms with E-state index in [-0.39, 0.29) is 17.9 Å². The lowest BCUT2D eigenvalue weighted by molar-refractivity contribution is -0.125. The maximum absolute atomic E-state index is 12.8. The number of rotatable bonds is 4. The molecule has 3 heterocycles. The molecule has 1 atom stereocenters. The Balaban J connectivity index is 1.50. The number of thiazole rings is 1. The monoisotopic (exact) mass is 345 g/mol. The molecule has 0 aromatic carbocycles. The standard InChI is InChI=1S/C17H19N3O3S/c1-10-4-7-14(23-10)16-19-12(9-24-16)17(22)20-8-2-3-13(20)15(21)18-11-5-6-11/h4,7,9,11,13H,2-3,5-6,8H2,1H3,(H,18,21). The molecule has 2 aromatic rings. The smallest absolute Gasteiger partial charge is 0.274 e. The maximum atomic E-state index is 12.8. The molecule has 1 unspecified atom stereocenters. The first-order valence-corrected chi connectivity index (χ1v) is 9.13. The highest BCUT2D eigenvalue weighted by Crippen LogP contribution is 2.28. The van der Waals surface area contributed by atoms with Gasteiger partial charge in [0.25, 0.3) is 5.91 Å². The van der Waals surface area contributed by atoms with Crippen molar-refractivity contribution in [1.82, 2.24) is 15.2 Å². The molecule has 0 spiro atoms. The minimum absolute atomic E-state index is 0.0273. The lowest BCUT2D eigenvalue weighted by Crippen LogP contribution is -2.46. The summed E-state index contributed by atoms with van der Waals surface area (Å²) in [6, 6.07) is 3.67. The third-order valence-corrected chi connectivity index (χ3v) is 5.27. The fourth-order valence-corrected chi connectivity index (χ4v) is 3.74. The highest BCUT2D eigenvalue weighted by molar-refractivity contribution is 7.13. The fraction of sp³-hybridized carbons (Fsp3) is 0.471. The second kappa shape index (κ2) is 6.05. The first-order valence-electron chi connectivity index (χ1n) is 8.25. The van der Waals surface area contributed by atoms with Crippen LogP contribution < -0.4 is 5.32 Å². The lowest BCUT2D eigenvalue weighted by Gasteiger charge is -2.23. The van der Waals surface area contributed by atoms with Crippen LogP contribution in [0.25, 0.3) is 10.8 Å². The van der Waals surface area contributed by atoms with Gasteiger partial charge in [0, 0.05) is 18.0 Å². The van der Waals surface area contributed by atoms with Crippen molar-refractivity contribution >= 4 is 23.2 Å². The first-order chi connectivity index (χ1) is 11.6. The number of carbonyl (C=O) groups is 2. The lowest BCUT2D eigenvalue weighted by atomic mass is 10.2. The van der Waals surface area contributed by atoms with Gasteiger partial charge in [-0.2, -0.15) is 0 Å². The van der Waals surface area contributed by atoms with Gasteiger partial charge in [-0.25, -0.2) is 4.98 Å². The van der Waals surface area contributed by atoms with Gasteiger partial charge >= 0.3 is 0 Å². The van der Waals surface area contributed by atoms with Gasteiger partial charge in [0.1, 0.15) is 17.5 Å². The third kappa shape index (κ3) is 2.96. The summed E-state index contributed by atoms with van der Waals surface area (Å²) < 4.78 is 5.56. The summed E-state index contributed by atoms with van der Waals surface area (Å²) in [6.07, 6.45) is 3.66. The summed E-state index contributed by atoms with van der Waals surface area (Å²) in [4.78, 5) is 31.2. The Labute approximate surface area is 143 Å². The first kappa shape index (κ1) is 15.4. The number of carbonyl (C=O) groups excluding carboxylic acids is 2. The zero-order valence-electron chi connectivity index (χ0n) is 13.4. The van der Waals surface area contributed by atoms with E-state index in [9.17, 15) is 9.59 Å². The van der Waals surface area contributed by atoms with E-state index in [0.29, 0.717) is 29.0 Å². The Morgan fingerprint density at radius 3 is 2.88 bits per heavy atom. The molecule has 1 N–H and O–H groups in total. The van der Waals surface area contributed by atoms with Gasteiger partial charge in [-0.1, -0.05) is 0 Å². The van der Waals surface area contributed by atoms with Gasteiger partial charge in [-0.15, -0.1) is 11.3 Å². The van der Waals surface area contributed by atoms with Crippen molar-refractivity contribution in [2.24, 2.45) is 0 Å². The van der Waals surface area contributed by atoms with Gasteiger partial charge in [0.05, 0.1) is 0 Å². The molecule has 4 rings (SSSR count). The van der Waals surface area contributed by atoms with Crippen molar-refractivity contribution in [3.8, 4) is 10.8 Å². The van der Waals surface area contributed by atoms with Crippen LogP contribution in [-0.2, 0) is 4.79 Å². The minimum Gasteiger partial charge on any atom is -0.459 e. The molecule has 7 heteroatoms. The van der Waals surface area contributed by atoms with Crippen LogP contribution in [0, 0.1) is 6.92 Å². The van der Waals surface area contributed by atoms with Gasteiger partial charge in [0.2, 0.25) is 5.91 Å². The van der Waals surface area contributed by atoms with Crippen molar-refractivity contribution in [1.29, 1.82) is 0 Å². The number of nitrogens with one attached hydrogen (secondary N) is 1. The van der Waals surface area contributed by atoms with E-state index in [1.165, 1.54) is 11.3 Å². The van der Waals surface area contributed by atoms with Crippen LogP contribution in [0.5, 0.6) is 0 Å². The van der Waals surface area contributed by atoms with E-state index in [2.05, 4.69) is 10.3 Å². The predicted octanol–water partition coefficient (Wildman–Crippen LogP) is 2.59. The van der Waals surface area contributed by atoms with E-state index >= 15 is 0 Å². The van der Waals surface area contributed by atoms with Crippen LogP contribution in [-0.4, -0.2) is 40.3 Å². The third-order valence-electron chi connectivity index (χ3n) is 4.41. The zero-order valence-corrected chi connectivity index (χ0v) is 14.3. The highest BCUT2D eigenvalue weighted by atomic mass is 32.1. The summed E-state index contributed by atoms with van der Waals surface area (Å²) in [6.45, 7) is 2.48. The minimum atomic E-state index is -0.367. The maximum Gasteiger partial charge on any atom is 0.274 e. The molecule has 6 nitrogen and oxygen atoms in total. The number of hydrogen-bond acceptors (Lipinski definition) is 5. The summed E-state index contributed by atoms with van der Waals surface area (Å²) in [7, 11) is 0. The van der Waals surface area contributed by atoms with E-state index in [1.807, 2.05) is 19.1 Å². The second-order valence-corrected chi connectivity index (χ2v) is 7.25. The Morgan fingerprint density at radius 2 is 2.17 bits per heavy atom. The molecule has 0 radical (unpaired) electrons. The number of aryl methyl sites for hydroxylation is 1. The topological polar surface area (TPSA) is 75.4 Å². The summed E-state index contributed by atoms with van der Waals surface area (Å²) in [5, 5.41) is 5.42. The molecule has 2 aromatic heterocycles. The van der Waals surface area contributed by atoms with Crippen molar-refractivity contribution in [2.75, 3.05) is 6.54 Å². The SMILES string of the molecule is Cc1ccc(-c2nc(C(=O)N3CCCC3C(=O)NC3CC3)cs2)o1. The zero-order chi connectivity index (χ0) is 16.7. The molecular weight excluding hydrogens is 326 g/mol. The van der Waals surface area contributed by atoms with Crippen molar-refractivity contribution < 1.29 is 14.0 Å². The van der Waals surface area contributed by atoms with Gasteiger partial charge in [0.15, 0.2) is 10.8 Å². The highest BCUT2D eigenvalue weighted by Gasteiger charge is 2.37. The molecule has 1 saturated carbocycles. The Kier molecular flexibility index (Phi) is 3.88. The Hall–Kier alpha value is -2.15. The fourth-order valence-electron chi connectivity index (χ4n) is 2.99. The molecule has 2 amide bonds. The molecule has 24 heavy (non-hydrogen) atoms. The van der Waals surface area contributed by atoms with Crippen LogP contribution in [0.1, 0.15) is 41.9 Å². The normalized spacial score (nSPS) is 20.4. The van der Waals surface area contributed by atoms with Crippen LogP contribution in [0.15, 0.2) is 21.9 Å². The van der Waals surface area contributed by atoms with Crippen molar-refractivity contribution in [2.45, 2.75) is 44.7 Å². The molecule has 2 aliphatic rings. The number of nitrogens with zero attached hydrogens (tertiary/aromatic N) is 2. The van der Waals surface area contributed by atoms with E-state index in [1.54, 1.807) is 10.3 Å². The van der Waals surface area contributed by atoms with Crippen LogP contribution >= 0.6 is 11.3 Å². The average molecular weight is 345 g/mol. The molecule has 1 saturated heterocycles. The molecule has 0 bridgehead atoms. The number of likely N-dealkylation sites (tertiary alicyclic amines) is 1. The van der Waals surface area contributed by atoms with E-state index in [0.717, 1.165) is 31.4 Å². The van der Waals surface area contributed by atoms with Gasteiger partial charge in [-0.05, 0) is 44.7 Å². The summed E-state index contributed by atoms with van der Waals surface area (Å²) >= 11 is 1.38. The number of amides is 2. The van der Waals surface area contributed by atoms with E-state index in [4.69, 9.17) is 4.42 Å². The predicted molar refractivity (Wildman–Crippen MR) is 89.8 cm³/mol. The molecule has 1 aliphatic carbocycles. The van der Waals surface area contributed by atoms with Crippen LogP contribution in [0.2, 0.25) is 0 Å². The number of furan rings is 1. The van der Waals surface area contributed by atoms with Crippen molar-refractivity contribution in [3.63, 3.8) is 0 Å². The summed E-state index contributed by atoms with van der Waals surface area (Å²) in [5.74, 6) is 1.28. The average Bonchev–Trinajstić information content (AvgIpc) is 3.03.